The van der Waals surface area contributed by atoms with E-state index in [1.54, 1.807) is 14.2 Å². The molecule has 0 saturated heterocycles. The van der Waals surface area contributed by atoms with Crippen LogP contribution < -0.4 is 20.1 Å². The summed E-state index contributed by atoms with van der Waals surface area (Å²) in [5.41, 5.74) is 1.61. The highest BCUT2D eigenvalue weighted by atomic mass is 32.1. The zero-order chi connectivity index (χ0) is 19.4. The van der Waals surface area contributed by atoms with E-state index < -0.39 is 0 Å². The highest BCUT2D eigenvalue weighted by Gasteiger charge is 2.38. The molecule has 2 atom stereocenters. The van der Waals surface area contributed by atoms with Crippen LogP contribution >= 0.6 is 11.3 Å². The Morgan fingerprint density at radius 2 is 2.00 bits per heavy atom. The number of hydrogen-bond donors (Lipinski definition) is 2. The quantitative estimate of drug-likeness (QED) is 0.725. The van der Waals surface area contributed by atoms with Crippen molar-refractivity contribution < 1.29 is 19.1 Å². The second kappa shape index (κ2) is 8.39. The molecule has 144 valence electrons. The molecule has 2 N–H and O–H groups in total. The van der Waals surface area contributed by atoms with E-state index in [-0.39, 0.29) is 24.2 Å². The molecule has 0 aliphatic heterocycles. The third-order valence-corrected chi connectivity index (χ3v) is 5.29. The average Bonchev–Trinajstić information content (AvgIpc) is 3.22. The number of carbonyl (C=O) groups is 2. The van der Waals surface area contributed by atoms with Crippen molar-refractivity contribution in [2.75, 3.05) is 26.1 Å². The third-order valence-electron chi connectivity index (χ3n) is 4.53. The molecule has 7 nitrogen and oxygen atoms in total. The van der Waals surface area contributed by atoms with Crippen LogP contribution in [-0.4, -0.2) is 37.6 Å². The molecular formula is C19H23N3O4S. The fourth-order valence-electron chi connectivity index (χ4n) is 2.76. The number of nitrogens with one attached hydrogen (secondary N) is 2. The Bertz CT molecular complexity index is 836. The molecule has 3 rings (SSSR count). The number of hydrogen-bond acceptors (Lipinski definition) is 6. The van der Waals surface area contributed by atoms with Crippen molar-refractivity contribution >= 4 is 28.3 Å². The van der Waals surface area contributed by atoms with Crippen LogP contribution in [0.4, 0.5) is 5.13 Å². The first kappa shape index (κ1) is 19.2. The molecule has 0 spiro atoms. The lowest BCUT2D eigenvalue weighted by atomic mass is 10.1. The Morgan fingerprint density at radius 1 is 1.26 bits per heavy atom. The number of anilines is 1. The van der Waals surface area contributed by atoms with Gasteiger partial charge in [0.05, 0.1) is 19.9 Å². The minimum atomic E-state index is -0.174. The number of amides is 2. The fourth-order valence-corrected chi connectivity index (χ4v) is 3.49. The minimum Gasteiger partial charge on any atom is -0.493 e. The number of aromatic nitrogens is 1. The van der Waals surface area contributed by atoms with Crippen LogP contribution in [0.3, 0.4) is 0 Å². The maximum Gasteiger partial charge on any atom is 0.227 e. The molecule has 8 heteroatoms. The first-order valence-electron chi connectivity index (χ1n) is 8.77. The summed E-state index contributed by atoms with van der Waals surface area (Å²) in [4.78, 5) is 28.2. The van der Waals surface area contributed by atoms with Crippen LogP contribution in [0.1, 0.15) is 19.8 Å². The summed E-state index contributed by atoms with van der Waals surface area (Å²) in [7, 11) is 3.17. The fraction of sp³-hybridized carbons (Fsp3) is 0.421. The van der Waals surface area contributed by atoms with E-state index in [0.29, 0.717) is 29.1 Å². The van der Waals surface area contributed by atoms with Gasteiger partial charge in [0, 0.05) is 29.8 Å². The van der Waals surface area contributed by atoms with Crippen LogP contribution in [-0.2, 0) is 9.59 Å². The molecule has 1 saturated carbocycles. The molecule has 1 aromatic heterocycles. The van der Waals surface area contributed by atoms with Gasteiger partial charge in [0.15, 0.2) is 16.6 Å². The van der Waals surface area contributed by atoms with Crippen LogP contribution in [0.15, 0.2) is 23.6 Å². The molecule has 1 fully saturated rings. The maximum absolute atomic E-state index is 12.0. The molecule has 0 unspecified atom stereocenters. The van der Waals surface area contributed by atoms with E-state index in [1.165, 1.54) is 11.3 Å². The number of ether oxygens (including phenoxy) is 2. The second-order valence-corrected chi connectivity index (χ2v) is 7.37. The van der Waals surface area contributed by atoms with Gasteiger partial charge in [-0.25, -0.2) is 4.98 Å². The molecule has 27 heavy (non-hydrogen) atoms. The third kappa shape index (κ3) is 4.77. The van der Waals surface area contributed by atoms with Gasteiger partial charge in [-0.3, -0.25) is 9.59 Å². The Hall–Kier alpha value is -2.61. The van der Waals surface area contributed by atoms with Crippen molar-refractivity contribution in [3.8, 4) is 22.8 Å². The summed E-state index contributed by atoms with van der Waals surface area (Å²) < 4.78 is 10.5. The van der Waals surface area contributed by atoms with Gasteiger partial charge in [0.25, 0.3) is 0 Å². The summed E-state index contributed by atoms with van der Waals surface area (Å²) in [5.74, 6) is 1.72. The Kier molecular flexibility index (Phi) is 5.95. The standard InChI is InChI=1S/C19H23N3O4S/c1-11-8-13(11)18(24)20-7-6-17(23)22-19-21-14(10-27-19)12-4-5-15(25-2)16(9-12)26-3/h4-5,9-11,13H,6-8H2,1-3H3,(H,20,24)(H,21,22,23)/t11-,13-/m1/s1. The van der Waals surface area contributed by atoms with E-state index in [2.05, 4.69) is 22.5 Å². The Morgan fingerprint density at radius 3 is 2.67 bits per heavy atom. The predicted molar refractivity (Wildman–Crippen MR) is 104 cm³/mol. The SMILES string of the molecule is COc1ccc(-c2csc(NC(=O)CCNC(=O)[C@@H]3C[C@H]3C)n2)cc1OC. The highest BCUT2D eigenvalue weighted by molar-refractivity contribution is 7.14. The largest absolute Gasteiger partial charge is 0.493 e. The predicted octanol–water partition coefficient (Wildman–Crippen LogP) is 2.93. The van der Waals surface area contributed by atoms with Gasteiger partial charge >= 0.3 is 0 Å². The normalized spacial score (nSPS) is 17.9. The molecule has 1 heterocycles. The lowest BCUT2D eigenvalue weighted by Crippen LogP contribution is -2.29. The summed E-state index contributed by atoms with van der Waals surface area (Å²) in [6, 6.07) is 5.54. The first-order chi connectivity index (χ1) is 13.0. The van der Waals surface area contributed by atoms with Crippen molar-refractivity contribution in [1.29, 1.82) is 0 Å². The van der Waals surface area contributed by atoms with Gasteiger partial charge in [0.2, 0.25) is 11.8 Å². The molecule has 1 aliphatic rings. The lowest BCUT2D eigenvalue weighted by Gasteiger charge is -2.08. The highest BCUT2D eigenvalue weighted by Crippen LogP contribution is 2.37. The Balaban J connectivity index is 1.53. The zero-order valence-corrected chi connectivity index (χ0v) is 16.4. The molecule has 1 aliphatic carbocycles. The lowest BCUT2D eigenvalue weighted by molar-refractivity contribution is -0.122. The van der Waals surface area contributed by atoms with Crippen LogP contribution in [0.25, 0.3) is 11.3 Å². The zero-order valence-electron chi connectivity index (χ0n) is 15.6. The summed E-state index contributed by atoms with van der Waals surface area (Å²) in [6.45, 7) is 2.39. The van der Waals surface area contributed by atoms with Crippen molar-refractivity contribution in [2.24, 2.45) is 11.8 Å². The van der Waals surface area contributed by atoms with E-state index in [9.17, 15) is 9.59 Å². The summed E-state index contributed by atoms with van der Waals surface area (Å²) >= 11 is 1.35. The van der Waals surface area contributed by atoms with Gasteiger partial charge in [-0.15, -0.1) is 11.3 Å². The van der Waals surface area contributed by atoms with Crippen molar-refractivity contribution in [3.05, 3.63) is 23.6 Å². The van der Waals surface area contributed by atoms with Crippen LogP contribution in [0, 0.1) is 11.8 Å². The van der Waals surface area contributed by atoms with E-state index in [0.717, 1.165) is 17.7 Å². The molecule has 1 aromatic carbocycles. The van der Waals surface area contributed by atoms with Crippen molar-refractivity contribution in [2.45, 2.75) is 19.8 Å². The number of nitrogens with zero attached hydrogens (tertiary/aromatic N) is 1. The average molecular weight is 389 g/mol. The van der Waals surface area contributed by atoms with Gasteiger partial charge < -0.3 is 20.1 Å². The number of benzene rings is 1. The van der Waals surface area contributed by atoms with E-state index in [1.807, 2.05) is 23.6 Å². The molecule has 2 amide bonds. The van der Waals surface area contributed by atoms with Crippen LogP contribution in [0.5, 0.6) is 11.5 Å². The van der Waals surface area contributed by atoms with E-state index >= 15 is 0 Å². The summed E-state index contributed by atoms with van der Waals surface area (Å²) in [6.07, 6.45) is 1.16. The monoisotopic (exact) mass is 389 g/mol. The summed E-state index contributed by atoms with van der Waals surface area (Å²) in [5, 5.41) is 7.96. The van der Waals surface area contributed by atoms with Gasteiger partial charge in [0.1, 0.15) is 0 Å². The molecule has 2 aromatic rings. The van der Waals surface area contributed by atoms with E-state index in [4.69, 9.17) is 9.47 Å². The number of methoxy groups -OCH3 is 2. The number of carbonyl (C=O) groups excluding carboxylic acids is 2. The van der Waals surface area contributed by atoms with Crippen molar-refractivity contribution in [3.63, 3.8) is 0 Å². The van der Waals surface area contributed by atoms with Crippen LogP contribution in [0.2, 0.25) is 0 Å². The number of thiazole rings is 1. The smallest absolute Gasteiger partial charge is 0.227 e. The molecule has 0 radical (unpaired) electrons. The number of rotatable bonds is 8. The van der Waals surface area contributed by atoms with Gasteiger partial charge in [-0.2, -0.15) is 0 Å². The van der Waals surface area contributed by atoms with Gasteiger partial charge in [-0.1, -0.05) is 6.92 Å². The topological polar surface area (TPSA) is 89.6 Å². The second-order valence-electron chi connectivity index (χ2n) is 6.52. The molecule has 0 bridgehead atoms. The van der Waals surface area contributed by atoms with Gasteiger partial charge in [-0.05, 0) is 30.5 Å². The first-order valence-corrected chi connectivity index (χ1v) is 9.65. The molecular weight excluding hydrogens is 366 g/mol. The van der Waals surface area contributed by atoms with Crippen molar-refractivity contribution in [1.82, 2.24) is 10.3 Å². The minimum absolute atomic E-state index is 0.0419. The Labute approximate surface area is 162 Å². The maximum atomic E-state index is 12.0.